The third kappa shape index (κ3) is 6.28. The Morgan fingerprint density at radius 1 is 0.968 bits per heavy atom. The Bertz CT molecular complexity index is 1150. The van der Waals surface area contributed by atoms with E-state index in [0.717, 1.165) is 31.1 Å². The van der Waals surface area contributed by atoms with E-state index in [9.17, 15) is 21.6 Å². The zero-order valence-corrected chi connectivity index (χ0v) is 19.2. The summed E-state index contributed by atoms with van der Waals surface area (Å²) >= 11 is 0. The molecule has 1 heterocycles. The number of anilines is 2. The van der Waals surface area contributed by atoms with Gasteiger partial charge in [-0.05, 0) is 55.2 Å². The summed E-state index contributed by atoms with van der Waals surface area (Å²) in [6, 6.07) is 11.3. The van der Waals surface area contributed by atoms with Gasteiger partial charge in [-0.15, -0.1) is 0 Å². The van der Waals surface area contributed by atoms with Crippen molar-refractivity contribution in [2.24, 2.45) is 0 Å². The monoisotopic (exact) mass is 465 g/mol. The van der Waals surface area contributed by atoms with Crippen LogP contribution in [0.3, 0.4) is 0 Å². The number of hydrogen-bond donors (Lipinski definition) is 2. The third-order valence-electron chi connectivity index (χ3n) is 5.06. The zero-order valence-electron chi connectivity index (χ0n) is 17.6. The number of nitrogens with one attached hydrogen (secondary N) is 2. The largest absolute Gasteiger partial charge is 0.326 e. The first-order valence-electron chi connectivity index (χ1n) is 10.0. The molecule has 1 aliphatic heterocycles. The lowest BCUT2D eigenvalue weighted by atomic mass is 10.1. The highest BCUT2D eigenvalue weighted by atomic mass is 32.2. The molecule has 2 aromatic carbocycles. The predicted octanol–water partition coefficient (Wildman–Crippen LogP) is 2.72. The first kappa shape index (κ1) is 23.2. The number of benzene rings is 2. The second-order valence-corrected chi connectivity index (χ2v) is 11.4. The highest BCUT2D eigenvalue weighted by Crippen LogP contribution is 2.23. The van der Waals surface area contributed by atoms with Crippen molar-refractivity contribution in [1.29, 1.82) is 0 Å². The van der Waals surface area contributed by atoms with E-state index in [1.165, 1.54) is 16.4 Å². The Labute approximate surface area is 183 Å². The lowest BCUT2D eigenvalue weighted by Crippen LogP contribution is -2.35. The topological polar surface area (TPSA) is 113 Å². The predicted molar refractivity (Wildman–Crippen MR) is 121 cm³/mol. The molecule has 0 saturated carbocycles. The fraction of sp³-hybridized carbons (Fsp3) is 0.381. The maximum Gasteiger partial charge on any atom is 0.243 e. The van der Waals surface area contributed by atoms with Gasteiger partial charge >= 0.3 is 0 Å². The first-order valence-corrected chi connectivity index (χ1v) is 13.4. The molecule has 2 aromatic rings. The van der Waals surface area contributed by atoms with Gasteiger partial charge in [-0.25, -0.2) is 16.8 Å². The quantitative estimate of drug-likeness (QED) is 0.653. The second kappa shape index (κ2) is 9.37. The molecule has 0 atom stereocenters. The van der Waals surface area contributed by atoms with E-state index < -0.39 is 20.0 Å². The summed E-state index contributed by atoms with van der Waals surface area (Å²) in [4.78, 5) is 12.6. The summed E-state index contributed by atoms with van der Waals surface area (Å²) in [6.07, 6.45) is 3.92. The van der Waals surface area contributed by atoms with Crippen LogP contribution in [0, 0.1) is 6.92 Å². The molecule has 0 aromatic heterocycles. The molecule has 0 spiro atoms. The smallest absolute Gasteiger partial charge is 0.243 e. The Balaban J connectivity index is 1.65. The fourth-order valence-electron chi connectivity index (χ4n) is 3.43. The van der Waals surface area contributed by atoms with Crippen LogP contribution in [0.4, 0.5) is 11.4 Å². The number of sulfonamides is 2. The highest BCUT2D eigenvalue weighted by molar-refractivity contribution is 7.92. The van der Waals surface area contributed by atoms with Gasteiger partial charge in [-0.1, -0.05) is 24.6 Å². The maximum absolute atomic E-state index is 12.7. The van der Waals surface area contributed by atoms with E-state index in [1.54, 1.807) is 37.3 Å². The van der Waals surface area contributed by atoms with Crippen molar-refractivity contribution in [3.05, 3.63) is 53.6 Å². The van der Waals surface area contributed by atoms with Crippen molar-refractivity contribution in [3.8, 4) is 0 Å². The molecule has 3 rings (SSSR count). The molecule has 2 N–H and O–H groups in total. The minimum Gasteiger partial charge on any atom is -0.326 e. The lowest BCUT2D eigenvalue weighted by Gasteiger charge is -2.25. The van der Waals surface area contributed by atoms with Gasteiger partial charge in [-0.2, -0.15) is 4.31 Å². The molecule has 1 fully saturated rings. The average molecular weight is 466 g/mol. The van der Waals surface area contributed by atoms with E-state index in [0.29, 0.717) is 30.0 Å². The van der Waals surface area contributed by atoms with Gasteiger partial charge < -0.3 is 5.32 Å². The molecule has 8 nitrogen and oxygen atoms in total. The van der Waals surface area contributed by atoms with Crippen LogP contribution in [0.1, 0.15) is 30.4 Å². The highest BCUT2D eigenvalue weighted by Gasteiger charge is 2.25. The van der Waals surface area contributed by atoms with Crippen molar-refractivity contribution in [2.75, 3.05) is 29.4 Å². The molecule has 31 heavy (non-hydrogen) atoms. The molecule has 0 aliphatic carbocycles. The van der Waals surface area contributed by atoms with Gasteiger partial charge in [0, 0.05) is 18.8 Å². The number of carbonyl (C=O) groups is 1. The van der Waals surface area contributed by atoms with E-state index in [4.69, 9.17) is 0 Å². The standard InChI is InChI=1S/C21H27N3O5S2/c1-16-6-9-18(15-20(16)23-30(2,26)27)22-21(25)14-17-7-10-19(11-8-17)31(28,29)24-12-4-3-5-13-24/h6-11,15,23H,3-5,12-14H2,1-2H3,(H,22,25). The van der Waals surface area contributed by atoms with Crippen LogP contribution in [0.15, 0.2) is 47.4 Å². The molecule has 1 amide bonds. The van der Waals surface area contributed by atoms with Gasteiger partial charge in [-0.3, -0.25) is 9.52 Å². The molecular weight excluding hydrogens is 438 g/mol. The molecular formula is C21H27N3O5S2. The number of rotatable bonds is 7. The normalized spacial score (nSPS) is 15.4. The summed E-state index contributed by atoms with van der Waals surface area (Å²) in [5, 5.41) is 2.74. The van der Waals surface area contributed by atoms with Crippen molar-refractivity contribution in [1.82, 2.24) is 4.31 Å². The van der Waals surface area contributed by atoms with E-state index >= 15 is 0 Å². The van der Waals surface area contributed by atoms with Crippen molar-refractivity contribution in [3.63, 3.8) is 0 Å². The number of piperidine rings is 1. The average Bonchev–Trinajstić information content (AvgIpc) is 2.70. The molecule has 168 valence electrons. The number of amides is 1. The zero-order chi connectivity index (χ0) is 22.6. The molecule has 1 saturated heterocycles. The van der Waals surface area contributed by atoms with Crippen molar-refractivity contribution < 1.29 is 21.6 Å². The molecule has 10 heteroatoms. The Kier molecular flexibility index (Phi) is 7.03. The van der Waals surface area contributed by atoms with Gasteiger partial charge in [0.15, 0.2) is 0 Å². The molecule has 0 unspecified atom stereocenters. The summed E-state index contributed by atoms with van der Waals surface area (Å²) in [5.74, 6) is -0.291. The second-order valence-electron chi connectivity index (χ2n) is 7.74. The van der Waals surface area contributed by atoms with Crippen LogP contribution in [0.5, 0.6) is 0 Å². The van der Waals surface area contributed by atoms with E-state index in [1.807, 2.05) is 0 Å². The van der Waals surface area contributed by atoms with Crippen LogP contribution in [0.2, 0.25) is 0 Å². The van der Waals surface area contributed by atoms with Crippen molar-refractivity contribution in [2.45, 2.75) is 37.5 Å². The molecule has 0 bridgehead atoms. The van der Waals surface area contributed by atoms with Gasteiger partial charge in [0.05, 0.1) is 23.3 Å². The Hall–Kier alpha value is -2.43. The van der Waals surface area contributed by atoms with Crippen LogP contribution in [-0.2, 0) is 31.3 Å². The van der Waals surface area contributed by atoms with Crippen molar-refractivity contribution >= 4 is 37.3 Å². The number of carbonyl (C=O) groups excluding carboxylic acids is 1. The number of aryl methyl sites for hydroxylation is 1. The summed E-state index contributed by atoms with van der Waals surface area (Å²) in [6.45, 7) is 2.84. The first-order chi connectivity index (χ1) is 14.5. The summed E-state index contributed by atoms with van der Waals surface area (Å²) < 4.78 is 52.3. The SMILES string of the molecule is Cc1ccc(NC(=O)Cc2ccc(S(=O)(=O)N3CCCCC3)cc2)cc1NS(C)(=O)=O. The number of hydrogen-bond acceptors (Lipinski definition) is 5. The Morgan fingerprint density at radius 3 is 2.23 bits per heavy atom. The molecule has 0 radical (unpaired) electrons. The Morgan fingerprint density at radius 2 is 1.61 bits per heavy atom. The number of nitrogens with zero attached hydrogens (tertiary/aromatic N) is 1. The summed E-state index contributed by atoms with van der Waals surface area (Å²) in [5.41, 5.74) is 2.27. The summed E-state index contributed by atoms with van der Waals surface area (Å²) in [7, 11) is -6.94. The van der Waals surface area contributed by atoms with Gasteiger partial charge in [0.25, 0.3) is 0 Å². The molecule has 1 aliphatic rings. The van der Waals surface area contributed by atoms with Gasteiger partial charge in [0.2, 0.25) is 26.0 Å². The van der Waals surface area contributed by atoms with Crippen LogP contribution >= 0.6 is 0 Å². The van der Waals surface area contributed by atoms with Crippen LogP contribution in [-0.4, -0.2) is 46.4 Å². The van der Waals surface area contributed by atoms with E-state index in [2.05, 4.69) is 10.0 Å². The third-order valence-corrected chi connectivity index (χ3v) is 7.56. The fourth-order valence-corrected chi connectivity index (χ4v) is 5.57. The van der Waals surface area contributed by atoms with Crippen LogP contribution in [0.25, 0.3) is 0 Å². The van der Waals surface area contributed by atoms with E-state index in [-0.39, 0.29) is 17.2 Å². The lowest BCUT2D eigenvalue weighted by molar-refractivity contribution is -0.115. The minimum absolute atomic E-state index is 0.0623. The minimum atomic E-state index is -3.50. The van der Waals surface area contributed by atoms with Gasteiger partial charge in [0.1, 0.15) is 0 Å². The maximum atomic E-state index is 12.7. The van der Waals surface area contributed by atoms with Crippen LogP contribution < -0.4 is 10.0 Å².